The molecule has 2 aromatic rings. The molecule has 1 fully saturated rings. The van der Waals surface area contributed by atoms with Crippen LogP contribution in [0, 0.1) is 0 Å². The second kappa shape index (κ2) is 4.56. The van der Waals surface area contributed by atoms with Crippen molar-refractivity contribution < 1.29 is 19.1 Å². The van der Waals surface area contributed by atoms with Crippen molar-refractivity contribution in [3.05, 3.63) is 24.0 Å². The van der Waals surface area contributed by atoms with Crippen LogP contribution in [0.1, 0.15) is 18.4 Å². The van der Waals surface area contributed by atoms with Crippen molar-refractivity contribution in [3.8, 4) is 0 Å². The van der Waals surface area contributed by atoms with Gasteiger partial charge in [0.2, 0.25) is 0 Å². The van der Waals surface area contributed by atoms with E-state index in [2.05, 4.69) is 4.98 Å². The van der Waals surface area contributed by atoms with Crippen molar-refractivity contribution in [1.29, 1.82) is 0 Å². The highest BCUT2D eigenvalue weighted by atomic mass is 31.2. The molecule has 0 amide bonds. The van der Waals surface area contributed by atoms with Crippen LogP contribution in [0.4, 0.5) is 5.69 Å². The number of aryl methyl sites for hydroxylation is 1. The van der Waals surface area contributed by atoms with E-state index in [9.17, 15) is 14.4 Å². The highest BCUT2D eigenvalue weighted by molar-refractivity contribution is 7.52. The molecule has 0 aliphatic carbocycles. The van der Waals surface area contributed by atoms with Crippen LogP contribution >= 0.6 is 7.60 Å². The average Bonchev–Trinajstić information content (AvgIpc) is 3.09. The van der Waals surface area contributed by atoms with Gasteiger partial charge in [0, 0.05) is 6.54 Å². The Hall–Kier alpha value is -1.40. The number of aromatic nitrogens is 2. The zero-order valence-electron chi connectivity index (χ0n) is 10.9. The van der Waals surface area contributed by atoms with E-state index in [1.54, 1.807) is 16.7 Å². The molecule has 3 rings (SSSR count). The Morgan fingerprint density at radius 1 is 1.60 bits per heavy atom. The van der Waals surface area contributed by atoms with Crippen LogP contribution in [0.15, 0.2) is 18.2 Å². The van der Waals surface area contributed by atoms with Crippen LogP contribution in [0.5, 0.6) is 0 Å². The van der Waals surface area contributed by atoms with Gasteiger partial charge in [0.05, 0.1) is 17.8 Å². The molecule has 1 aliphatic heterocycles. The lowest BCUT2D eigenvalue weighted by Crippen LogP contribution is -2.14. The van der Waals surface area contributed by atoms with Gasteiger partial charge in [0.1, 0.15) is 23.1 Å². The average molecular weight is 297 g/mol. The number of nitrogen functional groups attached to an aromatic ring is 1. The molecule has 0 spiro atoms. The number of para-hydroxylation sites is 1. The summed E-state index contributed by atoms with van der Waals surface area (Å²) in [6, 6.07) is 5.37. The molecule has 0 saturated carbocycles. The molecule has 1 aliphatic rings. The van der Waals surface area contributed by atoms with E-state index in [0.717, 1.165) is 5.52 Å². The summed E-state index contributed by atoms with van der Waals surface area (Å²) < 4.78 is 18.7. The third-order valence-corrected chi connectivity index (χ3v) is 4.78. The minimum Gasteiger partial charge on any atom is -0.397 e. The highest BCUT2D eigenvalue weighted by Gasteiger charge is 2.47. The van der Waals surface area contributed by atoms with Gasteiger partial charge in [-0.25, -0.2) is 4.98 Å². The Labute approximate surface area is 115 Å². The van der Waals surface area contributed by atoms with Crippen molar-refractivity contribution in [1.82, 2.24) is 9.55 Å². The van der Waals surface area contributed by atoms with Crippen LogP contribution in [0.3, 0.4) is 0 Å². The first-order valence-electron chi connectivity index (χ1n) is 6.35. The summed E-state index contributed by atoms with van der Waals surface area (Å²) >= 11 is 0. The highest BCUT2D eigenvalue weighted by Crippen LogP contribution is 2.57. The number of ether oxygens (including phenoxy) is 1. The lowest BCUT2D eigenvalue weighted by atomic mass is 10.3. The minimum atomic E-state index is -4.35. The summed E-state index contributed by atoms with van der Waals surface area (Å²) in [5.41, 5.74) is 6.71. The van der Waals surface area contributed by atoms with E-state index in [0.29, 0.717) is 30.2 Å². The van der Waals surface area contributed by atoms with Crippen LogP contribution in [0.25, 0.3) is 11.0 Å². The minimum absolute atomic E-state index is 0.344. The fourth-order valence-electron chi connectivity index (χ4n) is 2.52. The van der Waals surface area contributed by atoms with Crippen LogP contribution in [-0.4, -0.2) is 32.0 Å². The van der Waals surface area contributed by atoms with Crippen molar-refractivity contribution in [2.45, 2.75) is 25.2 Å². The van der Waals surface area contributed by atoms with Gasteiger partial charge < -0.3 is 24.8 Å². The number of imidazole rings is 1. The maximum Gasteiger partial charge on any atom is 0.338 e. The third-order valence-electron chi connectivity index (χ3n) is 3.49. The first-order valence-corrected chi connectivity index (χ1v) is 8.03. The van der Waals surface area contributed by atoms with Gasteiger partial charge in [-0.15, -0.1) is 0 Å². The van der Waals surface area contributed by atoms with Crippen LogP contribution in [0.2, 0.25) is 0 Å². The second-order valence-corrected chi connectivity index (χ2v) is 6.57. The number of nitrogens with two attached hydrogens (primary N) is 1. The summed E-state index contributed by atoms with van der Waals surface area (Å²) in [4.78, 5) is 23.6. The van der Waals surface area contributed by atoms with Gasteiger partial charge >= 0.3 is 7.60 Å². The molecule has 7 nitrogen and oxygen atoms in total. The summed E-state index contributed by atoms with van der Waals surface area (Å²) in [6.45, 7) is 2.80. The standard InChI is InChI=1S/C12H16N3O4P/c1-2-15-8-5-3-4-7(13)10(8)14-12(15)11(9-6-19-9)20(16,17)18/h3-5,9,11H,2,6,13H2,1H3,(H2,16,17,18). The zero-order chi connectivity index (χ0) is 14.5. The maximum atomic E-state index is 11.8. The number of hydrogen-bond donors (Lipinski definition) is 3. The smallest absolute Gasteiger partial charge is 0.338 e. The molecule has 4 N–H and O–H groups in total. The number of rotatable bonds is 4. The van der Waals surface area contributed by atoms with Gasteiger partial charge in [0.15, 0.2) is 0 Å². The van der Waals surface area contributed by atoms with E-state index in [4.69, 9.17) is 10.5 Å². The van der Waals surface area contributed by atoms with E-state index in [1.165, 1.54) is 0 Å². The van der Waals surface area contributed by atoms with Gasteiger partial charge in [-0.1, -0.05) is 6.07 Å². The molecule has 20 heavy (non-hydrogen) atoms. The number of benzene rings is 1. The third kappa shape index (κ3) is 2.13. The lowest BCUT2D eigenvalue weighted by molar-refractivity contribution is 0.325. The first-order chi connectivity index (χ1) is 9.43. The van der Waals surface area contributed by atoms with Gasteiger partial charge in [-0.3, -0.25) is 4.57 Å². The van der Waals surface area contributed by atoms with Gasteiger partial charge in [-0.2, -0.15) is 0 Å². The van der Waals surface area contributed by atoms with Crippen molar-refractivity contribution in [2.75, 3.05) is 12.3 Å². The monoisotopic (exact) mass is 297 g/mol. The first kappa shape index (κ1) is 13.6. The molecular formula is C12H16N3O4P. The largest absolute Gasteiger partial charge is 0.397 e. The second-order valence-electron chi connectivity index (χ2n) is 4.83. The van der Waals surface area contributed by atoms with E-state index >= 15 is 0 Å². The maximum absolute atomic E-state index is 11.8. The Balaban J connectivity index is 2.24. The fourth-order valence-corrected chi connectivity index (χ4v) is 3.62. The van der Waals surface area contributed by atoms with E-state index < -0.39 is 19.4 Å². The number of fused-ring (bicyclic) bond motifs is 1. The van der Waals surface area contributed by atoms with E-state index in [1.807, 2.05) is 13.0 Å². The molecule has 0 radical (unpaired) electrons. The number of anilines is 1. The summed E-state index contributed by atoms with van der Waals surface area (Å²) in [5.74, 6) is 0.344. The SMILES string of the molecule is CCn1c(C(C2CO2)P(=O)(O)O)nc2c(N)cccc21. The number of epoxide rings is 1. The predicted octanol–water partition coefficient (Wildman–Crippen LogP) is 1.26. The molecule has 2 heterocycles. The molecule has 2 atom stereocenters. The molecule has 1 aromatic carbocycles. The van der Waals surface area contributed by atoms with Crippen LogP contribution < -0.4 is 5.73 Å². The van der Waals surface area contributed by atoms with Crippen molar-refractivity contribution in [3.63, 3.8) is 0 Å². The van der Waals surface area contributed by atoms with E-state index in [-0.39, 0.29) is 0 Å². The number of nitrogens with zero attached hydrogens (tertiary/aromatic N) is 2. The normalized spacial score (nSPS) is 20.2. The molecule has 1 aromatic heterocycles. The quantitative estimate of drug-likeness (QED) is 0.444. The summed E-state index contributed by atoms with van der Waals surface area (Å²) in [5, 5.41) is 0. The van der Waals surface area contributed by atoms with Gasteiger partial charge in [-0.05, 0) is 19.1 Å². The lowest BCUT2D eigenvalue weighted by Gasteiger charge is -2.17. The topological polar surface area (TPSA) is 114 Å². The zero-order valence-corrected chi connectivity index (χ0v) is 11.8. The van der Waals surface area contributed by atoms with Crippen molar-refractivity contribution in [2.24, 2.45) is 0 Å². The van der Waals surface area contributed by atoms with Gasteiger partial charge in [0.25, 0.3) is 0 Å². The molecule has 2 unspecified atom stereocenters. The molecule has 0 bridgehead atoms. The summed E-state index contributed by atoms with van der Waals surface area (Å²) in [6.07, 6.45) is -0.473. The Kier molecular flexibility index (Phi) is 3.10. The predicted molar refractivity (Wildman–Crippen MR) is 74.3 cm³/mol. The summed E-state index contributed by atoms with van der Waals surface area (Å²) in [7, 11) is -4.35. The molecule has 8 heteroatoms. The molecular weight excluding hydrogens is 281 g/mol. The van der Waals surface area contributed by atoms with Crippen molar-refractivity contribution >= 4 is 24.3 Å². The molecule has 1 saturated heterocycles. The Bertz CT molecular complexity index is 704. The van der Waals surface area contributed by atoms with Crippen LogP contribution in [-0.2, 0) is 15.8 Å². The number of hydrogen-bond acceptors (Lipinski definition) is 4. The fraction of sp³-hybridized carbons (Fsp3) is 0.417. The Morgan fingerprint density at radius 3 is 2.85 bits per heavy atom. The molecule has 108 valence electrons. The Morgan fingerprint density at radius 2 is 2.30 bits per heavy atom.